The van der Waals surface area contributed by atoms with Crippen LogP contribution in [0.1, 0.15) is 17.0 Å². The van der Waals surface area contributed by atoms with Gasteiger partial charge in [-0.2, -0.15) is 23.4 Å². The van der Waals surface area contributed by atoms with E-state index in [2.05, 4.69) is 10.1 Å². The van der Waals surface area contributed by atoms with Gasteiger partial charge in [-0.3, -0.25) is 0 Å². The molecule has 0 saturated carbocycles. The number of nitriles is 1. The Labute approximate surface area is 169 Å². The predicted molar refractivity (Wildman–Crippen MR) is 95.4 cm³/mol. The highest BCUT2D eigenvalue weighted by atomic mass is 35.5. The van der Waals surface area contributed by atoms with Crippen molar-refractivity contribution in [3.63, 3.8) is 0 Å². The van der Waals surface area contributed by atoms with E-state index in [1.54, 1.807) is 6.07 Å². The van der Waals surface area contributed by atoms with Gasteiger partial charge in [-0.25, -0.2) is 8.78 Å². The highest BCUT2D eigenvalue weighted by molar-refractivity contribution is 6.31. The molecule has 0 aliphatic carbocycles. The summed E-state index contributed by atoms with van der Waals surface area (Å²) in [5.41, 5.74) is -1.24. The lowest BCUT2D eigenvalue weighted by Crippen LogP contribution is -2.09. The lowest BCUT2D eigenvalue weighted by molar-refractivity contribution is -0.136. The molecule has 11 heteroatoms. The molecule has 2 heterocycles. The van der Waals surface area contributed by atoms with Gasteiger partial charge in [0, 0.05) is 22.7 Å². The lowest BCUT2D eigenvalue weighted by atomic mass is 10.0. The summed E-state index contributed by atoms with van der Waals surface area (Å²) < 4.78 is 73.6. The molecule has 0 amide bonds. The summed E-state index contributed by atoms with van der Waals surface area (Å²) in [5, 5.41) is 12.1. The van der Waals surface area contributed by atoms with Crippen molar-refractivity contribution in [2.75, 3.05) is 0 Å². The number of hydrogen-bond acceptors (Lipinski definition) is 4. The van der Waals surface area contributed by atoms with E-state index in [1.165, 1.54) is 22.9 Å². The monoisotopic (exact) mass is 438 g/mol. The van der Waals surface area contributed by atoms with Crippen molar-refractivity contribution in [2.45, 2.75) is 12.7 Å². The first-order valence-electron chi connectivity index (χ1n) is 8.25. The van der Waals surface area contributed by atoms with Crippen molar-refractivity contribution in [3.05, 3.63) is 70.1 Å². The molecular formula is C19H8ClF5N4O. The normalized spacial score (nSPS) is 11.8. The van der Waals surface area contributed by atoms with Crippen LogP contribution in [-0.4, -0.2) is 14.7 Å². The van der Waals surface area contributed by atoms with Crippen molar-refractivity contribution in [3.8, 4) is 17.5 Å². The van der Waals surface area contributed by atoms with Crippen LogP contribution in [0, 0.1) is 23.0 Å². The Kier molecular flexibility index (Phi) is 4.70. The first-order valence-corrected chi connectivity index (χ1v) is 8.63. The molecule has 0 atom stereocenters. The second-order valence-electron chi connectivity index (χ2n) is 6.24. The minimum Gasteiger partial charge on any atom is -0.340 e. The van der Waals surface area contributed by atoms with Crippen molar-refractivity contribution in [2.24, 2.45) is 0 Å². The van der Waals surface area contributed by atoms with Crippen LogP contribution in [0.3, 0.4) is 0 Å². The van der Waals surface area contributed by atoms with Crippen LogP contribution in [0.4, 0.5) is 22.0 Å². The van der Waals surface area contributed by atoms with Gasteiger partial charge in [0.1, 0.15) is 0 Å². The maximum atomic E-state index is 13.5. The van der Waals surface area contributed by atoms with Crippen molar-refractivity contribution in [1.82, 2.24) is 14.7 Å². The van der Waals surface area contributed by atoms with Gasteiger partial charge < -0.3 is 9.09 Å². The Morgan fingerprint density at radius 3 is 2.60 bits per heavy atom. The second-order valence-corrected chi connectivity index (χ2v) is 6.65. The summed E-state index contributed by atoms with van der Waals surface area (Å²) in [6, 6.07) is 7.22. The third-order valence-corrected chi connectivity index (χ3v) is 4.64. The Morgan fingerprint density at radius 1 is 1.17 bits per heavy atom. The number of nitrogens with zero attached hydrogens (tertiary/aromatic N) is 4. The van der Waals surface area contributed by atoms with E-state index in [0.29, 0.717) is 0 Å². The summed E-state index contributed by atoms with van der Waals surface area (Å²) >= 11 is 5.61. The largest absolute Gasteiger partial charge is 0.418 e. The molecule has 4 rings (SSSR count). The van der Waals surface area contributed by atoms with Gasteiger partial charge in [-0.15, -0.1) is 0 Å². The van der Waals surface area contributed by atoms with Crippen molar-refractivity contribution < 1.29 is 26.5 Å². The fourth-order valence-corrected chi connectivity index (χ4v) is 3.28. The molecule has 0 saturated heterocycles. The van der Waals surface area contributed by atoms with E-state index in [4.69, 9.17) is 21.4 Å². The predicted octanol–water partition coefficient (Wildman–Crippen LogP) is 5.56. The molecule has 0 fully saturated rings. The third-order valence-electron chi connectivity index (χ3n) is 4.37. The van der Waals surface area contributed by atoms with Crippen LogP contribution in [0.2, 0.25) is 5.02 Å². The molecule has 30 heavy (non-hydrogen) atoms. The third kappa shape index (κ3) is 3.37. The number of rotatable bonds is 3. The number of aromatic nitrogens is 3. The van der Waals surface area contributed by atoms with E-state index in [9.17, 15) is 22.0 Å². The zero-order valence-electron chi connectivity index (χ0n) is 14.6. The zero-order chi connectivity index (χ0) is 21.6. The van der Waals surface area contributed by atoms with Gasteiger partial charge >= 0.3 is 6.18 Å². The van der Waals surface area contributed by atoms with Crippen LogP contribution >= 0.6 is 11.6 Å². The van der Waals surface area contributed by atoms with Gasteiger partial charge in [0.25, 0.3) is 5.89 Å². The zero-order valence-corrected chi connectivity index (χ0v) is 15.4. The van der Waals surface area contributed by atoms with E-state index >= 15 is 0 Å². The Morgan fingerprint density at radius 2 is 1.93 bits per heavy atom. The van der Waals surface area contributed by atoms with E-state index < -0.39 is 34.0 Å². The topological polar surface area (TPSA) is 67.6 Å². The van der Waals surface area contributed by atoms with Crippen molar-refractivity contribution in [1.29, 1.82) is 5.26 Å². The molecular weight excluding hydrogens is 431 g/mol. The molecule has 0 N–H and O–H groups in total. The van der Waals surface area contributed by atoms with Gasteiger partial charge in [0.05, 0.1) is 28.8 Å². The lowest BCUT2D eigenvalue weighted by Gasteiger charge is -2.11. The minimum absolute atomic E-state index is 0.0491. The molecule has 0 aliphatic heterocycles. The molecule has 0 spiro atoms. The Hall–Kier alpha value is -3.45. The maximum Gasteiger partial charge on any atom is 0.418 e. The van der Waals surface area contributed by atoms with Crippen LogP contribution in [0.5, 0.6) is 0 Å². The highest BCUT2D eigenvalue weighted by Gasteiger charge is 2.36. The fraction of sp³-hybridized carbons (Fsp3) is 0.105. The van der Waals surface area contributed by atoms with Gasteiger partial charge in [-0.05, 0) is 30.3 Å². The number of fused-ring (bicyclic) bond motifs is 1. The number of alkyl halides is 3. The molecule has 0 unspecified atom stereocenters. The molecule has 4 aromatic rings. The van der Waals surface area contributed by atoms with Gasteiger partial charge in [0.2, 0.25) is 0 Å². The average Bonchev–Trinajstić information content (AvgIpc) is 3.31. The molecule has 5 nitrogen and oxygen atoms in total. The molecule has 0 radical (unpaired) electrons. The average molecular weight is 439 g/mol. The fourth-order valence-electron chi connectivity index (χ4n) is 3.08. The van der Waals surface area contributed by atoms with Gasteiger partial charge in [0.15, 0.2) is 17.5 Å². The number of hydrogen-bond donors (Lipinski definition) is 0. The van der Waals surface area contributed by atoms with E-state index in [0.717, 1.165) is 18.2 Å². The number of halogens is 6. The summed E-state index contributed by atoms with van der Waals surface area (Å²) in [5.74, 6) is -2.45. The Balaban J connectivity index is 1.71. The first-order chi connectivity index (χ1) is 14.2. The Bertz CT molecular complexity index is 1300. The van der Waals surface area contributed by atoms with Crippen molar-refractivity contribution >= 4 is 22.5 Å². The summed E-state index contributed by atoms with van der Waals surface area (Å²) in [7, 11) is 0. The molecule has 0 bridgehead atoms. The summed E-state index contributed by atoms with van der Waals surface area (Å²) in [6.45, 7) is -0.0619. The molecule has 2 aromatic carbocycles. The van der Waals surface area contributed by atoms with E-state index in [1.807, 2.05) is 0 Å². The van der Waals surface area contributed by atoms with E-state index in [-0.39, 0.29) is 34.7 Å². The summed E-state index contributed by atoms with van der Waals surface area (Å²) in [6.07, 6.45) is -3.31. The molecule has 2 aromatic heterocycles. The van der Waals surface area contributed by atoms with Crippen LogP contribution in [0.15, 0.2) is 41.1 Å². The van der Waals surface area contributed by atoms with Crippen LogP contribution < -0.4 is 0 Å². The quantitative estimate of drug-likeness (QED) is 0.310. The molecule has 0 aliphatic rings. The second kappa shape index (κ2) is 7.11. The maximum absolute atomic E-state index is 13.5. The minimum atomic E-state index is -4.71. The summed E-state index contributed by atoms with van der Waals surface area (Å²) in [4.78, 5) is 4.06. The number of benzene rings is 2. The van der Waals surface area contributed by atoms with Crippen LogP contribution in [0.25, 0.3) is 22.4 Å². The van der Waals surface area contributed by atoms with Crippen LogP contribution in [-0.2, 0) is 12.7 Å². The SMILES string of the molecule is N#Cc1ccc2c(ccn2Cc2noc(-c3cc(F)c(F)c(Cl)c3)n2)c1C(F)(F)F. The standard InChI is InChI=1S/C19H8ClF5N4O/c20-12-5-10(6-13(21)17(12)22)18-27-15(28-30-18)8-29-4-3-11-14(29)2-1-9(7-26)16(11)19(23,24)25/h1-6H,8H2. The highest BCUT2D eigenvalue weighted by Crippen LogP contribution is 2.37. The smallest absolute Gasteiger partial charge is 0.340 e. The first kappa shape index (κ1) is 19.8. The molecule has 152 valence electrons. The van der Waals surface area contributed by atoms with Gasteiger partial charge in [-0.1, -0.05) is 16.8 Å².